The third kappa shape index (κ3) is 5.67. The fourth-order valence-electron chi connectivity index (χ4n) is 2.69. The molecule has 1 fully saturated rings. The van der Waals surface area contributed by atoms with Gasteiger partial charge in [0, 0.05) is 18.3 Å². The molecule has 0 amide bonds. The van der Waals surface area contributed by atoms with Gasteiger partial charge in [-0.25, -0.2) is 8.42 Å². The van der Waals surface area contributed by atoms with Gasteiger partial charge in [0.1, 0.15) is 9.84 Å². The van der Waals surface area contributed by atoms with E-state index < -0.39 is 9.84 Å². The third-order valence-corrected chi connectivity index (χ3v) is 5.08. The van der Waals surface area contributed by atoms with Crippen LogP contribution in [0.25, 0.3) is 0 Å². The minimum absolute atomic E-state index is 0.260. The van der Waals surface area contributed by atoms with E-state index in [0.717, 1.165) is 13.0 Å². The molecule has 0 atom stereocenters. The topological polar surface area (TPSA) is 49.4 Å². The monoisotopic (exact) mass is 276 g/mol. The number of sulfone groups is 1. The largest absolute Gasteiger partial charge is 0.314 e. The van der Waals surface area contributed by atoms with Gasteiger partial charge in [-0.3, -0.25) is 0 Å². The Labute approximate surface area is 112 Å². The molecule has 1 aliphatic rings. The van der Waals surface area contributed by atoms with Gasteiger partial charge in [-0.15, -0.1) is 0 Å². The molecule has 0 unspecified atom stereocenters. The molecule has 0 saturated heterocycles. The van der Waals surface area contributed by atoms with Crippen molar-refractivity contribution in [3.63, 3.8) is 0 Å². The predicted octanol–water partition coefficient (Wildman–Crippen LogP) is 1.28. The SMILES string of the molecule is CNC1(CCN(C)CCS(C)(=O)=O)CCCCC1. The van der Waals surface area contributed by atoms with Gasteiger partial charge in [0.15, 0.2) is 0 Å². The van der Waals surface area contributed by atoms with Crippen LogP contribution in [0.15, 0.2) is 0 Å². The van der Waals surface area contributed by atoms with Crippen LogP contribution in [0.5, 0.6) is 0 Å². The summed E-state index contributed by atoms with van der Waals surface area (Å²) in [7, 11) is 1.23. The second kappa shape index (κ2) is 6.87. The van der Waals surface area contributed by atoms with Gasteiger partial charge in [0.2, 0.25) is 0 Å². The number of nitrogens with one attached hydrogen (secondary N) is 1. The van der Waals surface area contributed by atoms with Crippen molar-refractivity contribution >= 4 is 9.84 Å². The molecular weight excluding hydrogens is 248 g/mol. The van der Waals surface area contributed by atoms with E-state index in [9.17, 15) is 8.42 Å². The highest BCUT2D eigenvalue weighted by molar-refractivity contribution is 7.90. The Kier molecular flexibility index (Phi) is 6.08. The normalized spacial score (nSPS) is 20.2. The lowest BCUT2D eigenvalue weighted by Gasteiger charge is -2.38. The molecule has 0 bridgehead atoms. The van der Waals surface area contributed by atoms with E-state index in [1.54, 1.807) is 0 Å². The Morgan fingerprint density at radius 2 is 1.78 bits per heavy atom. The van der Waals surface area contributed by atoms with Crippen LogP contribution in [0.1, 0.15) is 38.5 Å². The summed E-state index contributed by atoms with van der Waals surface area (Å²) in [5.41, 5.74) is 0.289. The first-order valence-electron chi connectivity index (χ1n) is 6.92. The van der Waals surface area contributed by atoms with E-state index in [-0.39, 0.29) is 11.3 Å². The second-order valence-corrected chi connectivity index (χ2v) is 8.03. The van der Waals surface area contributed by atoms with Crippen LogP contribution in [0, 0.1) is 0 Å². The van der Waals surface area contributed by atoms with Crippen LogP contribution < -0.4 is 5.32 Å². The molecule has 1 N–H and O–H groups in total. The molecule has 0 heterocycles. The Morgan fingerprint density at radius 3 is 2.28 bits per heavy atom. The van der Waals surface area contributed by atoms with E-state index in [4.69, 9.17) is 0 Å². The summed E-state index contributed by atoms with van der Waals surface area (Å²) in [6.07, 6.45) is 8.91. The van der Waals surface area contributed by atoms with Crippen molar-refractivity contribution in [1.29, 1.82) is 0 Å². The van der Waals surface area contributed by atoms with Crippen molar-refractivity contribution in [2.75, 3.05) is 39.2 Å². The molecule has 18 heavy (non-hydrogen) atoms. The first kappa shape index (κ1) is 15.9. The summed E-state index contributed by atoms with van der Waals surface area (Å²) in [5.74, 6) is 0.260. The van der Waals surface area contributed by atoms with Gasteiger partial charge in [-0.2, -0.15) is 0 Å². The van der Waals surface area contributed by atoms with Crippen molar-refractivity contribution in [3.8, 4) is 0 Å². The smallest absolute Gasteiger partial charge is 0.148 e. The number of rotatable bonds is 7. The van der Waals surface area contributed by atoms with Gasteiger partial charge in [0.05, 0.1) is 5.75 Å². The first-order chi connectivity index (χ1) is 8.37. The van der Waals surface area contributed by atoms with Gasteiger partial charge < -0.3 is 10.2 Å². The Balaban J connectivity index is 2.33. The zero-order valence-corrected chi connectivity index (χ0v) is 12.9. The molecule has 108 valence electrons. The van der Waals surface area contributed by atoms with Gasteiger partial charge in [-0.05, 0) is 39.9 Å². The Bertz CT molecular complexity index is 335. The molecule has 0 aliphatic heterocycles. The summed E-state index contributed by atoms with van der Waals surface area (Å²) >= 11 is 0. The fourth-order valence-corrected chi connectivity index (χ4v) is 3.34. The highest BCUT2D eigenvalue weighted by atomic mass is 32.2. The zero-order chi connectivity index (χ0) is 13.6. The first-order valence-corrected chi connectivity index (χ1v) is 8.98. The Morgan fingerprint density at radius 1 is 1.17 bits per heavy atom. The van der Waals surface area contributed by atoms with E-state index in [0.29, 0.717) is 6.54 Å². The molecule has 1 aliphatic carbocycles. The van der Waals surface area contributed by atoms with Gasteiger partial charge >= 0.3 is 0 Å². The van der Waals surface area contributed by atoms with Crippen LogP contribution in [0.4, 0.5) is 0 Å². The highest BCUT2D eigenvalue weighted by Gasteiger charge is 2.29. The molecule has 0 aromatic carbocycles. The van der Waals surface area contributed by atoms with Crippen LogP contribution in [0.2, 0.25) is 0 Å². The van der Waals surface area contributed by atoms with E-state index >= 15 is 0 Å². The van der Waals surface area contributed by atoms with Crippen molar-refractivity contribution in [2.24, 2.45) is 0 Å². The minimum Gasteiger partial charge on any atom is -0.314 e. The fraction of sp³-hybridized carbons (Fsp3) is 1.00. The number of hydrogen-bond donors (Lipinski definition) is 1. The molecular formula is C13H28N2O2S. The maximum atomic E-state index is 11.1. The van der Waals surface area contributed by atoms with Crippen molar-refractivity contribution in [2.45, 2.75) is 44.1 Å². The van der Waals surface area contributed by atoms with Crippen molar-refractivity contribution in [1.82, 2.24) is 10.2 Å². The standard InChI is InChI=1S/C13H28N2O2S/c1-14-13(7-5-4-6-8-13)9-10-15(2)11-12-18(3,16)17/h14H,4-12H2,1-3H3. The molecule has 0 spiro atoms. The van der Waals surface area contributed by atoms with Crippen LogP contribution in [0.3, 0.4) is 0 Å². The summed E-state index contributed by atoms with van der Waals surface area (Å²) in [5, 5.41) is 3.50. The summed E-state index contributed by atoms with van der Waals surface area (Å²) in [6, 6.07) is 0. The second-order valence-electron chi connectivity index (χ2n) is 5.77. The highest BCUT2D eigenvalue weighted by Crippen LogP contribution is 2.30. The lowest BCUT2D eigenvalue weighted by molar-refractivity contribution is 0.200. The lowest BCUT2D eigenvalue weighted by atomic mass is 9.79. The maximum absolute atomic E-state index is 11.1. The number of hydrogen-bond acceptors (Lipinski definition) is 4. The molecule has 1 rings (SSSR count). The van der Waals surface area contributed by atoms with Gasteiger partial charge in [-0.1, -0.05) is 19.3 Å². The molecule has 0 aromatic rings. The average molecular weight is 276 g/mol. The summed E-state index contributed by atoms with van der Waals surface area (Å²) < 4.78 is 22.2. The summed E-state index contributed by atoms with van der Waals surface area (Å²) in [6.45, 7) is 1.61. The van der Waals surface area contributed by atoms with Crippen molar-refractivity contribution < 1.29 is 8.42 Å². The van der Waals surface area contributed by atoms with Crippen molar-refractivity contribution in [3.05, 3.63) is 0 Å². The van der Waals surface area contributed by atoms with Crippen LogP contribution in [-0.4, -0.2) is 58.1 Å². The lowest BCUT2D eigenvalue weighted by Crippen LogP contribution is -2.47. The van der Waals surface area contributed by atoms with Crippen LogP contribution >= 0.6 is 0 Å². The van der Waals surface area contributed by atoms with E-state index in [2.05, 4.69) is 17.3 Å². The third-order valence-electron chi connectivity index (χ3n) is 4.16. The molecule has 0 radical (unpaired) electrons. The molecule has 4 nitrogen and oxygen atoms in total. The van der Waals surface area contributed by atoms with Gasteiger partial charge in [0.25, 0.3) is 0 Å². The maximum Gasteiger partial charge on any atom is 0.148 e. The summed E-state index contributed by atoms with van der Waals surface area (Å²) in [4.78, 5) is 2.13. The average Bonchev–Trinajstić information content (AvgIpc) is 2.34. The molecule has 5 heteroatoms. The molecule has 0 aromatic heterocycles. The minimum atomic E-state index is -2.84. The van der Waals surface area contributed by atoms with Crippen LogP contribution in [-0.2, 0) is 9.84 Å². The van der Waals surface area contributed by atoms with E-state index in [1.165, 1.54) is 38.4 Å². The Hall–Kier alpha value is -0.130. The predicted molar refractivity (Wildman–Crippen MR) is 76.7 cm³/mol. The number of nitrogens with zero attached hydrogens (tertiary/aromatic N) is 1. The molecule has 1 saturated carbocycles. The zero-order valence-electron chi connectivity index (χ0n) is 12.0. The van der Waals surface area contributed by atoms with E-state index in [1.807, 2.05) is 7.05 Å². The quantitative estimate of drug-likeness (QED) is 0.761.